The van der Waals surface area contributed by atoms with Crippen molar-refractivity contribution in [3.63, 3.8) is 0 Å². The van der Waals surface area contributed by atoms with Crippen LogP contribution in [0, 0.1) is 32.6 Å². The van der Waals surface area contributed by atoms with Crippen molar-refractivity contribution in [2.24, 2.45) is 0 Å². The Kier molecular flexibility index (Phi) is 3.21. The molecule has 0 fully saturated rings. The van der Waals surface area contributed by atoms with E-state index in [1.807, 2.05) is 12.1 Å². The lowest BCUT2D eigenvalue weighted by Gasteiger charge is -1.91. The van der Waals surface area contributed by atoms with E-state index in [2.05, 4.69) is 32.6 Å². The Bertz CT molecular complexity index is 594. The van der Waals surface area contributed by atoms with Gasteiger partial charge in [-0.3, -0.25) is 0 Å². The summed E-state index contributed by atoms with van der Waals surface area (Å²) in [5, 5.41) is 9.18. The first kappa shape index (κ1) is 11.8. The van der Waals surface area contributed by atoms with Gasteiger partial charge in [-0.1, -0.05) is 11.8 Å². The molecular formula is C15H14OS. The van der Waals surface area contributed by atoms with E-state index < -0.39 is 0 Å². The predicted molar refractivity (Wildman–Crippen MR) is 72.6 cm³/mol. The fourth-order valence-electron chi connectivity index (χ4n) is 1.53. The van der Waals surface area contributed by atoms with Crippen molar-refractivity contribution >= 4 is 11.3 Å². The third-order valence-corrected chi connectivity index (χ3v) is 4.10. The van der Waals surface area contributed by atoms with Gasteiger partial charge in [0.1, 0.15) is 5.75 Å². The maximum atomic E-state index is 9.18. The molecule has 2 heteroatoms. The summed E-state index contributed by atoms with van der Waals surface area (Å²) in [6.45, 7) is 6.37. The fourth-order valence-corrected chi connectivity index (χ4v) is 2.55. The second-order valence-electron chi connectivity index (χ2n) is 4.03. The summed E-state index contributed by atoms with van der Waals surface area (Å²) in [4.78, 5) is 2.46. The Morgan fingerprint density at radius 1 is 0.941 bits per heavy atom. The summed E-state index contributed by atoms with van der Waals surface area (Å²) in [5.41, 5.74) is 3.54. The van der Waals surface area contributed by atoms with Crippen LogP contribution in [-0.4, -0.2) is 5.11 Å². The highest BCUT2D eigenvalue weighted by Crippen LogP contribution is 2.25. The lowest BCUT2D eigenvalue weighted by molar-refractivity contribution is 0.475. The van der Waals surface area contributed by atoms with E-state index in [-0.39, 0.29) is 5.75 Å². The zero-order valence-electron chi connectivity index (χ0n) is 10.2. The molecule has 2 aromatic rings. The van der Waals surface area contributed by atoms with E-state index in [0.717, 1.165) is 10.4 Å². The average Bonchev–Trinajstić information content (AvgIpc) is 2.56. The van der Waals surface area contributed by atoms with Gasteiger partial charge in [-0.2, -0.15) is 0 Å². The van der Waals surface area contributed by atoms with Crippen LogP contribution < -0.4 is 0 Å². The maximum Gasteiger partial charge on any atom is 0.115 e. The first-order chi connectivity index (χ1) is 8.08. The minimum Gasteiger partial charge on any atom is -0.508 e. The highest BCUT2D eigenvalue weighted by molar-refractivity contribution is 7.12. The van der Waals surface area contributed by atoms with E-state index in [9.17, 15) is 5.11 Å². The second-order valence-corrected chi connectivity index (χ2v) is 5.26. The topological polar surface area (TPSA) is 20.2 Å². The fraction of sp³-hybridized carbons (Fsp3) is 0.200. The first-order valence-electron chi connectivity index (χ1n) is 5.45. The molecule has 1 aromatic heterocycles. The molecule has 86 valence electrons. The number of benzene rings is 1. The van der Waals surface area contributed by atoms with Crippen LogP contribution in [0.25, 0.3) is 0 Å². The summed E-state index contributed by atoms with van der Waals surface area (Å²) < 4.78 is 0. The van der Waals surface area contributed by atoms with E-state index in [1.54, 1.807) is 23.5 Å². The molecule has 0 unspecified atom stereocenters. The van der Waals surface area contributed by atoms with Crippen LogP contribution in [0.3, 0.4) is 0 Å². The van der Waals surface area contributed by atoms with E-state index >= 15 is 0 Å². The van der Waals surface area contributed by atoms with Crippen molar-refractivity contribution in [1.82, 2.24) is 0 Å². The van der Waals surface area contributed by atoms with E-state index in [1.165, 1.54) is 16.0 Å². The number of hydrogen-bond acceptors (Lipinski definition) is 2. The summed E-state index contributed by atoms with van der Waals surface area (Å²) in [7, 11) is 0. The third-order valence-electron chi connectivity index (χ3n) is 2.87. The minimum atomic E-state index is 0.273. The van der Waals surface area contributed by atoms with Crippen LogP contribution in [0.1, 0.15) is 26.4 Å². The molecule has 0 aliphatic carbocycles. The third kappa shape index (κ3) is 2.51. The van der Waals surface area contributed by atoms with Gasteiger partial charge in [0.25, 0.3) is 0 Å². The molecule has 2 rings (SSSR count). The SMILES string of the molecule is Cc1sc(C#Cc2ccc(O)cc2)c(C)c1C. The number of hydrogen-bond donors (Lipinski definition) is 1. The van der Waals surface area contributed by atoms with Gasteiger partial charge in [0.05, 0.1) is 4.88 Å². The van der Waals surface area contributed by atoms with Crippen LogP contribution in [0.15, 0.2) is 24.3 Å². The van der Waals surface area contributed by atoms with Gasteiger partial charge in [-0.15, -0.1) is 11.3 Å². The monoisotopic (exact) mass is 242 g/mol. The van der Waals surface area contributed by atoms with Gasteiger partial charge < -0.3 is 5.11 Å². The standard InChI is InChI=1S/C15H14OS/c1-10-11(2)15(17-12(10)3)9-6-13-4-7-14(16)8-5-13/h4-5,7-8,16H,1-3H3. The van der Waals surface area contributed by atoms with Gasteiger partial charge in [-0.25, -0.2) is 0 Å². The Labute approximate surface area is 106 Å². The summed E-state index contributed by atoms with van der Waals surface area (Å²) in [5.74, 6) is 6.59. The highest BCUT2D eigenvalue weighted by atomic mass is 32.1. The minimum absolute atomic E-state index is 0.273. The number of phenolic OH excluding ortho intramolecular Hbond substituents is 1. The van der Waals surface area contributed by atoms with Crippen LogP contribution in [0.5, 0.6) is 5.75 Å². The molecule has 0 radical (unpaired) electrons. The van der Waals surface area contributed by atoms with Crippen molar-refractivity contribution in [1.29, 1.82) is 0 Å². The molecule has 0 aliphatic heterocycles. The van der Waals surface area contributed by atoms with Gasteiger partial charge >= 0.3 is 0 Å². The number of aryl methyl sites for hydroxylation is 1. The molecule has 0 saturated heterocycles. The molecule has 0 amide bonds. The number of rotatable bonds is 0. The average molecular weight is 242 g/mol. The Hall–Kier alpha value is -1.72. The molecular weight excluding hydrogens is 228 g/mol. The lowest BCUT2D eigenvalue weighted by atomic mass is 10.1. The highest BCUT2D eigenvalue weighted by Gasteiger charge is 2.05. The van der Waals surface area contributed by atoms with Gasteiger partial charge in [0.15, 0.2) is 0 Å². The quantitative estimate of drug-likeness (QED) is 0.697. The molecule has 1 aromatic carbocycles. The van der Waals surface area contributed by atoms with Crippen molar-refractivity contribution in [3.8, 4) is 17.6 Å². The van der Waals surface area contributed by atoms with Crippen LogP contribution in [-0.2, 0) is 0 Å². The van der Waals surface area contributed by atoms with Crippen LogP contribution in [0.4, 0.5) is 0 Å². The number of aromatic hydroxyl groups is 1. The van der Waals surface area contributed by atoms with Crippen molar-refractivity contribution in [3.05, 3.63) is 50.7 Å². The molecule has 0 atom stereocenters. The first-order valence-corrected chi connectivity index (χ1v) is 6.27. The molecule has 1 heterocycles. The Morgan fingerprint density at radius 3 is 2.12 bits per heavy atom. The van der Waals surface area contributed by atoms with Crippen molar-refractivity contribution < 1.29 is 5.11 Å². The van der Waals surface area contributed by atoms with Crippen molar-refractivity contribution in [2.45, 2.75) is 20.8 Å². The molecule has 0 aliphatic rings. The molecule has 0 saturated carbocycles. The van der Waals surface area contributed by atoms with Crippen molar-refractivity contribution in [2.75, 3.05) is 0 Å². The molecule has 17 heavy (non-hydrogen) atoms. The largest absolute Gasteiger partial charge is 0.508 e. The normalized spacial score (nSPS) is 9.82. The van der Waals surface area contributed by atoms with E-state index in [0.29, 0.717) is 0 Å². The van der Waals surface area contributed by atoms with E-state index in [4.69, 9.17) is 0 Å². The predicted octanol–water partition coefficient (Wildman–Crippen LogP) is 3.78. The number of phenols is 1. The molecule has 1 N–H and O–H groups in total. The lowest BCUT2D eigenvalue weighted by Crippen LogP contribution is -1.77. The van der Waals surface area contributed by atoms with Crippen LogP contribution >= 0.6 is 11.3 Å². The van der Waals surface area contributed by atoms with Gasteiger partial charge in [0.2, 0.25) is 0 Å². The second kappa shape index (κ2) is 4.65. The summed E-state index contributed by atoms with van der Waals surface area (Å²) in [6, 6.07) is 6.96. The Balaban J connectivity index is 2.33. The van der Waals surface area contributed by atoms with Gasteiger partial charge in [0, 0.05) is 10.4 Å². The summed E-state index contributed by atoms with van der Waals surface area (Å²) >= 11 is 1.74. The smallest absolute Gasteiger partial charge is 0.115 e. The molecule has 0 bridgehead atoms. The maximum absolute atomic E-state index is 9.18. The summed E-state index contributed by atoms with van der Waals surface area (Å²) in [6.07, 6.45) is 0. The Morgan fingerprint density at radius 2 is 1.59 bits per heavy atom. The zero-order chi connectivity index (χ0) is 12.4. The zero-order valence-corrected chi connectivity index (χ0v) is 11.0. The number of thiophene rings is 1. The molecule has 0 spiro atoms. The van der Waals surface area contributed by atoms with Crippen LogP contribution in [0.2, 0.25) is 0 Å². The van der Waals surface area contributed by atoms with Gasteiger partial charge in [-0.05, 0) is 56.2 Å². The molecule has 1 nitrogen and oxygen atoms in total.